The lowest BCUT2D eigenvalue weighted by Gasteiger charge is -2.39. The van der Waals surface area contributed by atoms with Crippen molar-refractivity contribution in [3.63, 3.8) is 0 Å². The van der Waals surface area contributed by atoms with Crippen LogP contribution in [0.25, 0.3) is 0 Å². The molecule has 3 aromatic rings. The Labute approximate surface area is 249 Å². The van der Waals surface area contributed by atoms with Crippen LogP contribution in [0.3, 0.4) is 0 Å². The molecule has 2 aromatic carbocycles. The number of alkyl halides is 2. The molecule has 2 aliphatic rings. The minimum Gasteiger partial charge on any atom is -0.351 e. The van der Waals surface area contributed by atoms with E-state index in [1.807, 2.05) is 6.07 Å². The third kappa shape index (κ3) is 6.46. The minimum absolute atomic E-state index is 0. The molecular formula is C30H26ClF4N5O3. The maximum absolute atomic E-state index is 14.5. The average molecular weight is 616 g/mol. The number of rotatable bonds is 7. The number of nitrogens with zero attached hydrogens (tertiary/aromatic N) is 4. The molecule has 1 aliphatic carbocycles. The molecule has 224 valence electrons. The average Bonchev–Trinajstić information content (AvgIpc) is 3.31. The van der Waals surface area contributed by atoms with Crippen molar-refractivity contribution < 1.29 is 31.9 Å². The highest BCUT2D eigenvalue weighted by atomic mass is 35.5. The van der Waals surface area contributed by atoms with Crippen molar-refractivity contribution in [2.45, 2.75) is 57.2 Å². The van der Waals surface area contributed by atoms with Gasteiger partial charge in [-0.25, -0.2) is 22.5 Å². The molecule has 1 aromatic heterocycles. The Morgan fingerprint density at radius 2 is 1.79 bits per heavy atom. The SMILES string of the molecule is C.N#Cc1ccnc(N2C(=O)CC[C@H]2C(=O)N(c2cc(F)cc(F)c2)[C@H](C(=O)NC2CC(F)(F)C2)c2ccccc2Cl)c1. The quantitative estimate of drug-likeness (QED) is 0.343. The number of hydrogen-bond acceptors (Lipinski definition) is 5. The van der Waals surface area contributed by atoms with Crippen LogP contribution in [0.4, 0.5) is 29.1 Å². The fourth-order valence-corrected chi connectivity index (χ4v) is 5.44. The Bertz CT molecular complexity index is 1590. The first kappa shape index (κ1) is 31.4. The van der Waals surface area contributed by atoms with E-state index in [-0.39, 0.29) is 47.9 Å². The van der Waals surface area contributed by atoms with E-state index in [1.54, 1.807) is 6.07 Å². The van der Waals surface area contributed by atoms with Crippen molar-refractivity contribution in [3.05, 3.63) is 88.6 Å². The Morgan fingerprint density at radius 3 is 2.42 bits per heavy atom. The second kappa shape index (κ2) is 12.4. The molecule has 5 rings (SSSR count). The number of nitriles is 1. The van der Waals surface area contributed by atoms with Crippen LogP contribution in [-0.4, -0.2) is 40.7 Å². The molecule has 8 nitrogen and oxygen atoms in total. The lowest BCUT2D eigenvalue weighted by molar-refractivity contribution is -0.133. The Hall–Kier alpha value is -4.50. The number of nitrogens with one attached hydrogen (secondary N) is 1. The van der Waals surface area contributed by atoms with Gasteiger partial charge in [0.15, 0.2) is 0 Å². The van der Waals surface area contributed by atoms with Crippen LogP contribution in [0.15, 0.2) is 60.8 Å². The summed E-state index contributed by atoms with van der Waals surface area (Å²) in [5.74, 6) is -7.40. The zero-order chi connectivity index (χ0) is 30.2. The summed E-state index contributed by atoms with van der Waals surface area (Å²) in [6.07, 6.45) is -0.101. The van der Waals surface area contributed by atoms with Crippen LogP contribution < -0.4 is 15.1 Å². The van der Waals surface area contributed by atoms with E-state index in [4.69, 9.17) is 11.6 Å². The highest BCUT2D eigenvalue weighted by Gasteiger charge is 2.48. The van der Waals surface area contributed by atoms with E-state index in [0.717, 1.165) is 21.9 Å². The molecule has 1 saturated heterocycles. The summed E-state index contributed by atoms with van der Waals surface area (Å²) >= 11 is 6.44. The number of aromatic nitrogens is 1. The van der Waals surface area contributed by atoms with E-state index in [9.17, 15) is 37.2 Å². The summed E-state index contributed by atoms with van der Waals surface area (Å²) in [5.41, 5.74) is -0.142. The molecule has 13 heteroatoms. The summed E-state index contributed by atoms with van der Waals surface area (Å²) in [5, 5.41) is 11.8. The van der Waals surface area contributed by atoms with Gasteiger partial charge in [0.05, 0.1) is 17.3 Å². The van der Waals surface area contributed by atoms with Crippen molar-refractivity contribution in [1.82, 2.24) is 10.3 Å². The van der Waals surface area contributed by atoms with Crippen molar-refractivity contribution in [2.75, 3.05) is 9.80 Å². The predicted octanol–water partition coefficient (Wildman–Crippen LogP) is 5.70. The van der Waals surface area contributed by atoms with Crippen LogP contribution in [0.2, 0.25) is 5.02 Å². The molecular weight excluding hydrogens is 590 g/mol. The molecule has 1 N–H and O–H groups in total. The number of halogens is 5. The lowest BCUT2D eigenvalue weighted by atomic mass is 9.87. The van der Waals surface area contributed by atoms with Crippen LogP contribution in [-0.2, 0) is 14.4 Å². The number of benzene rings is 2. The monoisotopic (exact) mass is 615 g/mol. The van der Waals surface area contributed by atoms with Crippen LogP contribution in [0, 0.1) is 23.0 Å². The lowest BCUT2D eigenvalue weighted by Crippen LogP contribution is -2.56. The second-order valence-corrected chi connectivity index (χ2v) is 10.5. The van der Waals surface area contributed by atoms with Crippen molar-refractivity contribution >= 4 is 40.8 Å². The summed E-state index contributed by atoms with van der Waals surface area (Å²) in [4.78, 5) is 47.2. The standard InChI is InChI=1S/C29H22ClF4N5O3.CH4/c30-22-4-2-1-3-21(22)26(27(41)37-19-13-29(33,34)14-19)38(20-11-17(31)10-18(32)12-20)28(42)23-5-6-25(40)39(23)24-9-16(15-35)7-8-36-24;/h1-4,7-12,19,23,26H,5-6,13-14H2,(H,37,41);1H4/t23-,26-;/m0./s1. The molecule has 3 amide bonds. The molecule has 2 atom stereocenters. The van der Waals surface area contributed by atoms with Crippen molar-refractivity contribution in [3.8, 4) is 6.07 Å². The first-order chi connectivity index (χ1) is 20.0. The highest BCUT2D eigenvalue weighted by molar-refractivity contribution is 6.31. The first-order valence-corrected chi connectivity index (χ1v) is 13.3. The van der Waals surface area contributed by atoms with Gasteiger partial charge in [0, 0.05) is 48.2 Å². The Morgan fingerprint density at radius 1 is 1.12 bits per heavy atom. The van der Waals surface area contributed by atoms with Gasteiger partial charge in [-0.1, -0.05) is 37.2 Å². The number of hydrogen-bond donors (Lipinski definition) is 1. The van der Waals surface area contributed by atoms with E-state index < -0.39 is 66.2 Å². The number of carbonyl (C=O) groups excluding carboxylic acids is 3. The molecule has 0 unspecified atom stereocenters. The predicted molar refractivity (Wildman–Crippen MR) is 150 cm³/mol. The summed E-state index contributed by atoms with van der Waals surface area (Å²) in [6, 6.07) is 8.97. The fourth-order valence-electron chi connectivity index (χ4n) is 5.20. The summed E-state index contributed by atoms with van der Waals surface area (Å²) in [7, 11) is 0. The Balaban J connectivity index is 0.00000423. The van der Waals surface area contributed by atoms with Gasteiger partial charge in [-0.15, -0.1) is 0 Å². The summed E-state index contributed by atoms with van der Waals surface area (Å²) in [6.45, 7) is 0. The second-order valence-electron chi connectivity index (χ2n) is 10.1. The van der Waals surface area contributed by atoms with Crippen molar-refractivity contribution in [1.29, 1.82) is 5.26 Å². The van der Waals surface area contributed by atoms with Gasteiger partial charge < -0.3 is 5.32 Å². The van der Waals surface area contributed by atoms with Gasteiger partial charge >= 0.3 is 0 Å². The highest BCUT2D eigenvalue weighted by Crippen LogP contribution is 2.40. The number of pyridine rings is 1. The third-order valence-electron chi connectivity index (χ3n) is 7.12. The maximum atomic E-state index is 14.5. The smallest absolute Gasteiger partial charge is 0.252 e. The summed E-state index contributed by atoms with van der Waals surface area (Å²) < 4.78 is 56.2. The number of amides is 3. The van der Waals surface area contributed by atoms with Crippen LogP contribution in [0.5, 0.6) is 0 Å². The largest absolute Gasteiger partial charge is 0.351 e. The zero-order valence-corrected chi connectivity index (χ0v) is 22.5. The van der Waals surface area contributed by atoms with Crippen LogP contribution in [0.1, 0.15) is 50.3 Å². The van der Waals surface area contributed by atoms with Gasteiger partial charge in [0.2, 0.25) is 11.8 Å². The molecule has 2 fully saturated rings. The number of carbonyl (C=O) groups is 3. The molecule has 0 radical (unpaired) electrons. The zero-order valence-electron chi connectivity index (χ0n) is 21.7. The van der Waals surface area contributed by atoms with Crippen LogP contribution >= 0.6 is 11.6 Å². The topological polar surface area (TPSA) is 106 Å². The third-order valence-corrected chi connectivity index (χ3v) is 7.47. The molecule has 0 bridgehead atoms. The normalized spacial score (nSPS) is 18.2. The van der Waals surface area contributed by atoms with E-state index in [2.05, 4.69) is 10.3 Å². The fraction of sp³-hybridized carbons (Fsp3) is 0.300. The van der Waals surface area contributed by atoms with Crippen molar-refractivity contribution in [2.24, 2.45) is 0 Å². The molecule has 2 heterocycles. The van der Waals surface area contributed by atoms with Gasteiger partial charge in [-0.3, -0.25) is 24.2 Å². The van der Waals surface area contributed by atoms with E-state index in [0.29, 0.717) is 6.07 Å². The Kier molecular flexibility index (Phi) is 9.06. The molecule has 0 spiro atoms. The molecule has 1 aliphatic heterocycles. The van der Waals surface area contributed by atoms with E-state index >= 15 is 0 Å². The molecule has 1 saturated carbocycles. The molecule has 43 heavy (non-hydrogen) atoms. The van der Waals surface area contributed by atoms with E-state index in [1.165, 1.54) is 36.5 Å². The van der Waals surface area contributed by atoms with Gasteiger partial charge in [0.25, 0.3) is 11.8 Å². The first-order valence-electron chi connectivity index (χ1n) is 12.9. The van der Waals surface area contributed by atoms with Gasteiger partial charge in [-0.2, -0.15) is 5.26 Å². The number of anilines is 2. The van der Waals surface area contributed by atoms with Gasteiger partial charge in [0.1, 0.15) is 29.5 Å². The minimum atomic E-state index is -2.96. The maximum Gasteiger partial charge on any atom is 0.252 e. The van der Waals surface area contributed by atoms with Gasteiger partial charge in [-0.05, 0) is 36.8 Å².